The van der Waals surface area contributed by atoms with E-state index in [1.807, 2.05) is 0 Å². The average Bonchev–Trinajstić information content (AvgIpc) is 3.15. The summed E-state index contributed by atoms with van der Waals surface area (Å²) in [7, 11) is 0. The molecule has 124 valence electrons. The molecule has 1 saturated carbocycles. The van der Waals surface area contributed by atoms with Crippen LogP contribution in [0.15, 0.2) is 6.20 Å². The summed E-state index contributed by atoms with van der Waals surface area (Å²) in [5.41, 5.74) is -0.266. The summed E-state index contributed by atoms with van der Waals surface area (Å²) in [6.07, 6.45) is -0.946. The van der Waals surface area contributed by atoms with Crippen molar-refractivity contribution < 1.29 is 32.2 Å². The van der Waals surface area contributed by atoms with E-state index >= 15 is 0 Å². The monoisotopic (exact) mass is 322 g/mol. The van der Waals surface area contributed by atoms with Crippen molar-refractivity contribution in [3.05, 3.63) is 11.9 Å². The van der Waals surface area contributed by atoms with E-state index in [0.717, 1.165) is 12.8 Å². The Labute approximate surface area is 125 Å². The van der Waals surface area contributed by atoms with Gasteiger partial charge in [-0.25, -0.2) is 4.79 Å². The number of hydrogen-bond donors (Lipinski definition) is 0. The minimum Gasteiger partial charge on any atom is -0.480 e. The van der Waals surface area contributed by atoms with Gasteiger partial charge in [0, 0.05) is 0 Å². The zero-order valence-corrected chi connectivity index (χ0v) is 12.1. The number of esters is 1. The molecule has 0 aliphatic heterocycles. The number of alkyl halides is 3. The molecule has 22 heavy (non-hydrogen) atoms. The zero-order valence-electron chi connectivity index (χ0n) is 12.1. The van der Waals surface area contributed by atoms with E-state index in [9.17, 15) is 18.0 Å². The Balaban J connectivity index is 2.01. The third kappa shape index (κ3) is 5.21. The second-order valence-corrected chi connectivity index (χ2v) is 4.80. The number of halogens is 3. The minimum atomic E-state index is -4.50. The third-order valence-corrected chi connectivity index (χ3v) is 2.79. The van der Waals surface area contributed by atoms with Crippen LogP contribution in [0.25, 0.3) is 0 Å². The molecule has 1 aliphatic carbocycles. The molecule has 1 heterocycles. The molecule has 0 spiro atoms. The zero-order chi connectivity index (χ0) is 16.2. The lowest BCUT2D eigenvalue weighted by Gasteiger charge is -2.08. The lowest BCUT2D eigenvalue weighted by Crippen LogP contribution is -2.20. The van der Waals surface area contributed by atoms with Crippen molar-refractivity contribution in [2.75, 3.05) is 19.8 Å². The summed E-state index contributed by atoms with van der Waals surface area (Å²) in [4.78, 5) is 11.7. The van der Waals surface area contributed by atoms with Gasteiger partial charge in [0.1, 0.15) is 0 Å². The number of nitrogens with zero attached hydrogens (tertiary/aromatic N) is 2. The van der Waals surface area contributed by atoms with Crippen molar-refractivity contribution in [1.29, 1.82) is 0 Å². The van der Waals surface area contributed by atoms with Crippen molar-refractivity contribution in [2.45, 2.75) is 38.6 Å². The van der Waals surface area contributed by atoms with E-state index in [0.29, 0.717) is 13.2 Å². The van der Waals surface area contributed by atoms with E-state index in [-0.39, 0.29) is 24.2 Å². The Bertz CT molecular complexity index is 512. The Kier molecular flexibility index (Phi) is 5.28. The summed E-state index contributed by atoms with van der Waals surface area (Å²) in [6, 6.07) is 0. The topological polar surface area (TPSA) is 62.6 Å². The first-order valence-electron chi connectivity index (χ1n) is 6.94. The van der Waals surface area contributed by atoms with Gasteiger partial charge in [0.15, 0.2) is 12.4 Å². The summed E-state index contributed by atoms with van der Waals surface area (Å²) >= 11 is 0. The highest BCUT2D eigenvalue weighted by molar-refractivity contribution is 5.90. The van der Waals surface area contributed by atoms with Gasteiger partial charge in [-0.05, 0) is 19.8 Å². The molecule has 6 nitrogen and oxygen atoms in total. The third-order valence-electron chi connectivity index (χ3n) is 2.79. The van der Waals surface area contributed by atoms with E-state index in [1.165, 1.54) is 10.9 Å². The second-order valence-electron chi connectivity index (χ2n) is 4.80. The van der Waals surface area contributed by atoms with Gasteiger partial charge in [-0.3, -0.25) is 4.68 Å². The number of carbonyl (C=O) groups is 1. The standard InChI is InChI=1S/C13H17F3N2O4/c1-2-20-12(19)11-10(22-8-13(14,15)16)7-18(17-11)5-6-21-9-3-4-9/h7,9H,2-6,8H2,1H3. The normalized spacial score (nSPS) is 14.9. The van der Waals surface area contributed by atoms with Gasteiger partial charge in [0.25, 0.3) is 0 Å². The van der Waals surface area contributed by atoms with Crippen molar-refractivity contribution in [3.8, 4) is 5.75 Å². The summed E-state index contributed by atoms with van der Waals surface area (Å²) in [5.74, 6) is -1.07. The van der Waals surface area contributed by atoms with E-state index in [2.05, 4.69) is 9.84 Å². The molecule has 0 radical (unpaired) electrons. The predicted octanol–water partition coefficient (Wildman–Crippen LogP) is 2.18. The number of rotatable bonds is 8. The molecule has 1 aromatic rings. The van der Waals surface area contributed by atoms with Crippen LogP contribution in [-0.2, 0) is 16.0 Å². The Hall–Kier alpha value is -1.77. The predicted molar refractivity (Wildman–Crippen MR) is 68.7 cm³/mol. The van der Waals surface area contributed by atoms with Crippen LogP contribution < -0.4 is 4.74 Å². The molecule has 1 fully saturated rings. The highest BCUT2D eigenvalue weighted by Gasteiger charge is 2.30. The van der Waals surface area contributed by atoms with Gasteiger partial charge < -0.3 is 14.2 Å². The summed E-state index contributed by atoms with van der Waals surface area (Å²) in [6.45, 7) is 0.874. The van der Waals surface area contributed by atoms with Gasteiger partial charge in [-0.15, -0.1) is 0 Å². The van der Waals surface area contributed by atoms with E-state index in [4.69, 9.17) is 9.47 Å². The number of ether oxygens (including phenoxy) is 3. The van der Waals surface area contributed by atoms with Crippen LogP contribution >= 0.6 is 0 Å². The largest absolute Gasteiger partial charge is 0.480 e. The molecule has 0 N–H and O–H groups in total. The fraction of sp³-hybridized carbons (Fsp3) is 0.692. The van der Waals surface area contributed by atoms with E-state index < -0.39 is 18.8 Å². The molecule has 0 bridgehead atoms. The van der Waals surface area contributed by atoms with Crippen LogP contribution in [-0.4, -0.2) is 47.9 Å². The first-order valence-corrected chi connectivity index (χ1v) is 6.94. The average molecular weight is 322 g/mol. The first-order chi connectivity index (χ1) is 10.4. The highest BCUT2D eigenvalue weighted by Crippen LogP contribution is 2.24. The molecule has 9 heteroatoms. The fourth-order valence-electron chi connectivity index (χ4n) is 1.67. The van der Waals surface area contributed by atoms with Crippen LogP contribution in [0.3, 0.4) is 0 Å². The van der Waals surface area contributed by atoms with Gasteiger partial charge in [0.05, 0.1) is 32.1 Å². The van der Waals surface area contributed by atoms with Crippen LogP contribution in [0.1, 0.15) is 30.3 Å². The van der Waals surface area contributed by atoms with Crippen molar-refractivity contribution >= 4 is 5.97 Å². The molecule has 0 aromatic carbocycles. The van der Waals surface area contributed by atoms with Crippen LogP contribution in [0.5, 0.6) is 5.75 Å². The number of carbonyl (C=O) groups excluding carboxylic acids is 1. The van der Waals surface area contributed by atoms with Crippen molar-refractivity contribution in [3.63, 3.8) is 0 Å². The van der Waals surface area contributed by atoms with Gasteiger partial charge in [-0.2, -0.15) is 18.3 Å². The molecule has 0 saturated heterocycles. The Morgan fingerprint density at radius 1 is 1.45 bits per heavy atom. The van der Waals surface area contributed by atoms with Crippen LogP contribution in [0.2, 0.25) is 0 Å². The Morgan fingerprint density at radius 2 is 2.18 bits per heavy atom. The first kappa shape index (κ1) is 16.6. The molecular formula is C13H17F3N2O4. The molecule has 0 unspecified atom stereocenters. The van der Waals surface area contributed by atoms with Gasteiger partial charge >= 0.3 is 12.1 Å². The maximum Gasteiger partial charge on any atom is 0.422 e. The Morgan fingerprint density at radius 3 is 2.77 bits per heavy atom. The highest BCUT2D eigenvalue weighted by atomic mass is 19.4. The maximum atomic E-state index is 12.2. The number of hydrogen-bond acceptors (Lipinski definition) is 5. The summed E-state index contributed by atoms with van der Waals surface area (Å²) < 4.78 is 52.9. The van der Waals surface area contributed by atoms with Crippen molar-refractivity contribution in [1.82, 2.24) is 9.78 Å². The molecule has 2 rings (SSSR count). The van der Waals surface area contributed by atoms with Crippen LogP contribution in [0, 0.1) is 0 Å². The number of aromatic nitrogens is 2. The SMILES string of the molecule is CCOC(=O)c1nn(CCOC2CC2)cc1OCC(F)(F)F. The molecule has 0 atom stereocenters. The lowest BCUT2D eigenvalue weighted by atomic mass is 10.4. The van der Waals surface area contributed by atoms with Gasteiger partial charge in [-0.1, -0.05) is 0 Å². The summed E-state index contributed by atoms with van der Waals surface area (Å²) in [5, 5.41) is 3.92. The quantitative estimate of drug-likeness (QED) is 0.687. The van der Waals surface area contributed by atoms with E-state index in [1.54, 1.807) is 6.92 Å². The maximum absolute atomic E-state index is 12.2. The molecular weight excluding hydrogens is 305 g/mol. The molecule has 0 amide bonds. The molecule has 1 aromatic heterocycles. The molecule has 1 aliphatic rings. The second kappa shape index (κ2) is 6.99. The fourth-order valence-corrected chi connectivity index (χ4v) is 1.67. The minimum absolute atomic E-state index is 0.0925. The van der Waals surface area contributed by atoms with Gasteiger partial charge in [0.2, 0.25) is 5.69 Å². The lowest BCUT2D eigenvalue weighted by molar-refractivity contribution is -0.153. The van der Waals surface area contributed by atoms with Crippen molar-refractivity contribution in [2.24, 2.45) is 0 Å². The van der Waals surface area contributed by atoms with Crippen LogP contribution in [0.4, 0.5) is 13.2 Å². The smallest absolute Gasteiger partial charge is 0.422 e.